The number of hydrogen-bond donors (Lipinski definition) is 0. The lowest BCUT2D eigenvalue weighted by Crippen LogP contribution is -1.95. The highest BCUT2D eigenvalue weighted by Gasteiger charge is 2.26. The van der Waals surface area contributed by atoms with Crippen LogP contribution >= 0.6 is 11.8 Å². The minimum atomic E-state index is 1.07. The molecule has 0 aliphatic carbocycles. The number of thioether (sulfide) groups is 1. The van der Waals surface area contributed by atoms with E-state index < -0.39 is 0 Å². The highest BCUT2D eigenvalue weighted by atomic mass is 32.2. The molecule has 0 N–H and O–H groups in total. The van der Waals surface area contributed by atoms with Crippen molar-refractivity contribution in [2.24, 2.45) is 0 Å². The molecule has 2 atom stereocenters. The van der Waals surface area contributed by atoms with Crippen LogP contribution in [0.15, 0.2) is 0 Å². The zero-order valence-electron chi connectivity index (χ0n) is 5.81. The molecular formula is C8H14S. The van der Waals surface area contributed by atoms with E-state index in [0.29, 0.717) is 0 Å². The Balaban J connectivity index is 1.99. The fraction of sp³-hybridized carbons (Fsp3) is 1.00. The van der Waals surface area contributed by atoms with Gasteiger partial charge in [-0.3, -0.25) is 0 Å². The zero-order chi connectivity index (χ0) is 6.10. The Morgan fingerprint density at radius 3 is 1.89 bits per heavy atom. The maximum absolute atomic E-state index is 2.27. The molecule has 2 heterocycles. The van der Waals surface area contributed by atoms with E-state index in [0.717, 1.165) is 10.5 Å². The molecule has 2 bridgehead atoms. The molecule has 0 spiro atoms. The zero-order valence-corrected chi connectivity index (χ0v) is 6.62. The van der Waals surface area contributed by atoms with Gasteiger partial charge in [-0.15, -0.1) is 0 Å². The number of fused-ring (bicyclic) bond motifs is 2. The number of rotatable bonds is 0. The summed E-state index contributed by atoms with van der Waals surface area (Å²) in [5.74, 6) is 0. The summed E-state index contributed by atoms with van der Waals surface area (Å²) in [6.07, 6.45) is 9.09. The van der Waals surface area contributed by atoms with Crippen LogP contribution in [-0.4, -0.2) is 10.5 Å². The van der Waals surface area contributed by atoms with Crippen LogP contribution < -0.4 is 0 Å². The lowest BCUT2D eigenvalue weighted by molar-refractivity contribution is 0.556. The second-order valence-corrected chi connectivity index (χ2v) is 4.85. The van der Waals surface area contributed by atoms with Gasteiger partial charge in [-0.2, -0.15) is 11.8 Å². The fourth-order valence-corrected chi connectivity index (χ4v) is 3.64. The minimum Gasteiger partial charge on any atom is -0.155 e. The molecule has 0 aromatic heterocycles. The quantitative estimate of drug-likeness (QED) is 0.501. The standard InChI is InChI=1S/C8H14S/c1-2-4-8-6-5-7(3-1)9-8/h7-8H,1-6H2. The molecule has 0 radical (unpaired) electrons. The monoisotopic (exact) mass is 142 g/mol. The Bertz CT molecular complexity index is 88.7. The topological polar surface area (TPSA) is 0 Å². The SMILES string of the molecule is C1CCC2CCC(C1)S2. The lowest BCUT2D eigenvalue weighted by atomic mass is 10.0. The van der Waals surface area contributed by atoms with Crippen molar-refractivity contribution in [3.63, 3.8) is 0 Å². The van der Waals surface area contributed by atoms with E-state index >= 15 is 0 Å². The van der Waals surface area contributed by atoms with Crippen LogP contribution in [0.4, 0.5) is 0 Å². The second-order valence-electron chi connectivity index (χ2n) is 3.24. The molecule has 0 aromatic rings. The third-order valence-corrected chi connectivity index (χ3v) is 4.21. The summed E-state index contributed by atoms with van der Waals surface area (Å²) in [6.45, 7) is 0. The summed E-state index contributed by atoms with van der Waals surface area (Å²) in [5, 5.41) is 2.13. The van der Waals surface area contributed by atoms with Crippen molar-refractivity contribution in [3.05, 3.63) is 0 Å². The van der Waals surface area contributed by atoms with Gasteiger partial charge in [0.1, 0.15) is 0 Å². The Hall–Kier alpha value is 0.350. The van der Waals surface area contributed by atoms with Crippen LogP contribution in [0.5, 0.6) is 0 Å². The normalized spacial score (nSPS) is 42.7. The molecule has 9 heavy (non-hydrogen) atoms. The molecule has 2 fully saturated rings. The molecular weight excluding hydrogens is 128 g/mol. The third kappa shape index (κ3) is 1.26. The van der Waals surface area contributed by atoms with E-state index in [4.69, 9.17) is 0 Å². The summed E-state index contributed by atoms with van der Waals surface area (Å²) < 4.78 is 0. The molecule has 0 amide bonds. The van der Waals surface area contributed by atoms with E-state index in [9.17, 15) is 0 Å². The molecule has 1 heteroatoms. The van der Waals surface area contributed by atoms with Crippen LogP contribution in [0.1, 0.15) is 38.5 Å². The fourth-order valence-electron chi connectivity index (χ4n) is 1.95. The van der Waals surface area contributed by atoms with Crippen molar-refractivity contribution >= 4 is 11.8 Å². The third-order valence-electron chi connectivity index (χ3n) is 2.50. The van der Waals surface area contributed by atoms with Gasteiger partial charge in [0.15, 0.2) is 0 Å². The van der Waals surface area contributed by atoms with Gasteiger partial charge in [0.05, 0.1) is 0 Å². The first kappa shape index (κ1) is 6.09. The molecule has 0 nitrogen and oxygen atoms in total. The average molecular weight is 142 g/mol. The van der Waals surface area contributed by atoms with E-state index in [-0.39, 0.29) is 0 Å². The van der Waals surface area contributed by atoms with Crippen LogP contribution in [0.2, 0.25) is 0 Å². The van der Waals surface area contributed by atoms with Crippen LogP contribution in [0.3, 0.4) is 0 Å². The summed E-state index contributed by atoms with van der Waals surface area (Å²) in [6, 6.07) is 0. The Morgan fingerprint density at radius 2 is 1.33 bits per heavy atom. The van der Waals surface area contributed by atoms with Gasteiger partial charge in [0.25, 0.3) is 0 Å². The molecule has 0 saturated carbocycles. The van der Waals surface area contributed by atoms with Gasteiger partial charge in [0.2, 0.25) is 0 Å². The van der Waals surface area contributed by atoms with Crippen molar-refractivity contribution in [1.82, 2.24) is 0 Å². The van der Waals surface area contributed by atoms with Crippen molar-refractivity contribution in [3.8, 4) is 0 Å². The van der Waals surface area contributed by atoms with Gasteiger partial charge in [-0.1, -0.05) is 12.8 Å². The predicted molar refractivity (Wildman–Crippen MR) is 42.9 cm³/mol. The highest BCUT2D eigenvalue weighted by Crippen LogP contribution is 2.41. The smallest absolute Gasteiger partial charge is 0.00502 e. The molecule has 52 valence electrons. The van der Waals surface area contributed by atoms with Crippen molar-refractivity contribution in [1.29, 1.82) is 0 Å². The lowest BCUT2D eigenvalue weighted by Gasteiger charge is -2.03. The van der Waals surface area contributed by atoms with Gasteiger partial charge >= 0.3 is 0 Å². The van der Waals surface area contributed by atoms with E-state index in [1.165, 1.54) is 38.5 Å². The van der Waals surface area contributed by atoms with E-state index in [2.05, 4.69) is 11.8 Å². The van der Waals surface area contributed by atoms with Gasteiger partial charge in [0, 0.05) is 10.5 Å². The largest absolute Gasteiger partial charge is 0.155 e. The summed E-state index contributed by atoms with van der Waals surface area (Å²) in [7, 11) is 0. The average Bonchev–Trinajstić information content (AvgIpc) is 2.09. The Kier molecular flexibility index (Phi) is 1.71. The molecule has 2 saturated heterocycles. The van der Waals surface area contributed by atoms with E-state index in [1.54, 1.807) is 0 Å². The van der Waals surface area contributed by atoms with Gasteiger partial charge in [-0.05, 0) is 25.7 Å². The predicted octanol–water partition coefficient (Wildman–Crippen LogP) is 2.82. The van der Waals surface area contributed by atoms with Crippen molar-refractivity contribution in [2.45, 2.75) is 49.0 Å². The van der Waals surface area contributed by atoms with Crippen LogP contribution in [-0.2, 0) is 0 Å². The molecule has 2 aliphatic heterocycles. The first-order valence-electron chi connectivity index (χ1n) is 4.10. The summed E-state index contributed by atoms with van der Waals surface area (Å²) >= 11 is 2.27. The molecule has 2 aliphatic rings. The maximum Gasteiger partial charge on any atom is 0.00502 e. The van der Waals surface area contributed by atoms with Gasteiger partial charge < -0.3 is 0 Å². The van der Waals surface area contributed by atoms with Crippen LogP contribution in [0, 0.1) is 0 Å². The highest BCUT2D eigenvalue weighted by molar-refractivity contribution is 8.00. The van der Waals surface area contributed by atoms with Crippen molar-refractivity contribution < 1.29 is 0 Å². The Morgan fingerprint density at radius 1 is 0.778 bits per heavy atom. The minimum absolute atomic E-state index is 1.07. The summed E-state index contributed by atoms with van der Waals surface area (Å²) in [5.41, 5.74) is 0. The van der Waals surface area contributed by atoms with Crippen LogP contribution in [0.25, 0.3) is 0 Å². The first-order chi connectivity index (χ1) is 4.45. The summed E-state index contributed by atoms with van der Waals surface area (Å²) in [4.78, 5) is 0. The molecule has 2 unspecified atom stereocenters. The number of hydrogen-bond acceptors (Lipinski definition) is 1. The molecule has 2 rings (SSSR count). The van der Waals surface area contributed by atoms with Gasteiger partial charge in [-0.25, -0.2) is 0 Å². The maximum atomic E-state index is 2.27. The van der Waals surface area contributed by atoms with Crippen molar-refractivity contribution in [2.75, 3.05) is 0 Å². The Labute approximate surface area is 61.4 Å². The second kappa shape index (κ2) is 2.53. The molecule has 0 aromatic carbocycles. The van der Waals surface area contributed by atoms with E-state index in [1.807, 2.05) is 0 Å². The first-order valence-corrected chi connectivity index (χ1v) is 5.05.